The maximum absolute atomic E-state index is 2.66. The molecule has 2 aromatic rings. The lowest BCUT2D eigenvalue weighted by Crippen LogP contribution is -2.45. The van der Waals surface area contributed by atoms with E-state index in [0.29, 0.717) is 6.04 Å². The van der Waals surface area contributed by atoms with Crippen LogP contribution in [0.5, 0.6) is 0 Å². The van der Waals surface area contributed by atoms with E-state index in [-0.39, 0.29) is 18.6 Å². The average molecular weight is 359 g/mol. The second kappa shape index (κ2) is 9.26. The van der Waals surface area contributed by atoms with Crippen molar-refractivity contribution in [2.75, 3.05) is 19.0 Å². The Morgan fingerprint density at radius 2 is 1.44 bits per heavy atom. The van der Waals surface area contributed by atoms with Gasteiger partial charge in [-0.25, -0.2) is 0 Å². The number of benzene rings is 2. The van der Waals surface area contributed by atoms with Crippen LogP contribution >= 0.6 is 12.4 Å². The van der Waals surface area contributed by atoms with Crippen LogP contribution in [0, 0.1) is 6.92 Å². The Morgan fingerprint density at radius 3 is 2.00 bits per heavy atom. The van der Waals surface area contributed by atoms with Gasteiger partial charge in [0.1, 0.15) is 6.17 Å². The molecule has 1 aliphatic rings. The molecule has 0 aliphatic heterocycles. The Kier molecular flexibility index (Phi) is 7.34. The van der Waals surface area contributed by atoms with Crippen molar-refractivity contribution in [1.82, 2.24) is 4.90 Å². The normalized spacial score (nSPS) is 16.3. The molecule has 0 saturated heterocycles. The van der Waals surface area contributed by atoms with Gasteiger partial charge in [0.2, 0.25) is 0 Å². The van der Waals surface area contributed by atoms with E-state index in [1.165, 1.54) is 48.9 Å². The van der Waals surface area contributed by atoms with E-state index in [9.17, 15) is 0 Å². The summed E-state index contributed by atoms with van der Waals surface area (Å²) in [7, 11) is 4.39. The maximum Gasteiger partial charge on any atom is 0.108 e. The summed E-state index contributed by atoms with van der Waals surface area (Å²) in [5, 5.41) is 0. The Labute approximate surface area is 159 Å². The molecule has 1 fully saturated rings. The Balaban J connectivity index is 0.00000225. The average Bonchev–Trinajstić information content (AvgIpc) is 2.62. The highest BCUT2D eigenvalue weighted by Crippen LogP contribution is 2.36. The zero-order valence-electron chi connectivity index (χ0n) is 15.7. The first-order valence-electron chi connectivity index (χ1n) is 9.23. The molecule has 25 heavy (non-hydrogen) atoms. The minimum absolute atomic E-state index is 0. The maximum atomic E-state index is 2.66. The monoisotopic (exact) mass is 358 g/mol. The molecule has 0 bridgehead atoms. The van der Waals surface area contributed by atoms with Crippen LogP contribution in [0.2, 0.25) is 0 Å². The molecule has 0 radical (unpaired) electrons. The van der Waals surface area contributed by atoms with Crippen molar-refractivity contribution >= 4 is 18.1 Å². The van der Waals surface area contributed by atoms with E-state index in [0.717, 1.165) is 0 Å². The van der Waals surface area contributed by atoms with Crippen molar-refractivity contribution in [3.63, 3.8) is 0 Å². The highest BCUT2D eigenvalue weighted by molar-refractivity contribution is 5.85. The SMILES string of the molecule is Cc1ccc(N(C2CCCCC2)C(c2ccccc2)N(C)C)cc1.Cl. The largest absolute Gasteiger partial charge is 0.349 e. The summed E-state index contributed by atoms with van der Waals surface area (Å²) < 4.78 is 0. The third-order valence-corrected chi connectivity index (χ3v) is 5.15. The summed E-state index contributed by atoms with van der Waals surface area (Å²) in [6.45, 7) is 2.16. The van der Waals surface area contributed by atoms with Gasteiger partial charge in [-0.05, 0) is 51.6 Å². The highest BCUT2D eigenvalue weighted by atomic mass is 35.5. The molecule has 0 spiro atoms. The van der Waals surface area contributed by atoms with Crippen molar-refractivity contribution < 1.29 is 0 Å². The minimum Gasteiger partial charge on any atom is -0.349 e. The summed E-state index contributed by atoms with van der Waals surface area (Å²) in [6, 6.07) is 20.6. The van der Waals surface area contributed by atoms with Gasteiger partial charge < -0.3 is 4.90 Å². The fourth-order valence-electron chi connectivity index (χ4n) is 3.96. The Bertz CT molecular complexity index is 618. The molecule has 136 valence electrons. The van der Waals surface area contributed by atoms with Crippen molar-refractivity contribution in [3.8, 4) is 0 Å². The molecule has 1 saturated carbocycles. The van der Waals surface area contributed by atoms with Crippen LogP contribution in [0.3, 0.4) is 0 Å². The standard InChI is InChI=1S/C22H30N2.ClH/c1-18-14-16-21(17-15-18)24(20-12-8-5-9-13-20)22(23(2)3)19-10-6-4-7-11-19;/h4,6-7,10-11,14-17,20,22H,5,8-9,12-13H2,1-3H3;1H. The number of hydrogen-bond donors (Lipinski definition) is 0. The zero-order chi connectivity index (χ0) is 16.9. The van der Waals surface area contributed by atoms with E-state index in [1.54, 1.807) is 0 Å². The van der Waals surface area contributed by atoms with Crippen LogP contribution in [-0.4, -0.2) is 25.0 Å². The highest BCUT2D eigenvalue weighted by Gasteiger charge is 2.30. The first-order valence-corrected chi connectivity index (χ1v) is 9.23. The molecule has 3 heteroatoms. The van der Waals surface area contributed by atoms with E-state index in [4.69, 9.17) is 0 Å². The Morgan fingerprint density at radius 1 is 0.840 bits per heavy atom. The van der Waals surface area contributed by atoms with Crippen LogP contribution in [0.15, 0.2) is 54.6 Å². The predicted octanol–water partition coefficient (Wildman–Crippen LogP) is 5.82. The molecule has 0 amide bonds. The summed E-state index contributed by atoms with van der Waals surface area (Å²) in [5.74, 6) is 0. The van der Waals surface area contributed by atoms with E-state index >= 15 is 0 Å². The van der Waals surface area contributed by atoms with Gasteiger partial charge in [0.05, 0.1) is 0 Å². The van der Waals surface area contributed by atoms with Crippen molar-refractivity contribution in [2.45, 2.75) is 51.2 Å². The fourth-order valence-corrected chi connectivity index (χ4v) is 3.96. The number of rotatable bonds is 5. The van der Waals surface area contributed by atoms with Crippen LogP contribution < -0.4 is 4.90 Å². The summed E-state index contributed by atoms with van der Waals surface area (Å²) in [5.41, 5.74) is 4.03. The predicted molar refractivity (Wildman–Crippen MR) is 111 cm³/mol. The van der Waals surface area contributed by atoms with Gasteiger partial charge >= 0.3 is 0 Å². The lowest BCUT2D eigenvalue weighted by molar-refractivity contribution is 0.251. The van der Waals surface area contributed by atoms with Crippen molar-refractivity contribution in [1.29, 1.82) is 0 Å². The number of halogens is 1. The lowest BCUT2D eigenvalue weighted by Gasteiger charge is -2.44. The van der Waals surface area contributed by atoms with Gasteiger partial charge in [-0.3, -0.25) is 4.90 Å². The number of aryl methyl sites for hydroxylation is 1. The van der Waals surface area contributed by atoms with Gasteiger partial charge in [-0.1, -0.05) is 67.3 Å². The number of anilines is 1. The van der Waals surface area contributed by atoms with Crippen molar-refractivity contribution in [2.24, 2.45) is 0 Å². The molecular weight excluding hydrogens is 328 g/mol. The molecule has 3 rings (SSSR count). The van der Waals surface area contributed by atoms with E-state index in [1.807, 2.05) is 0 Å². The van der Waals surface area contributed by atoms with Crippen LogP contribution in [-0.2, 0) is 0 Å². The molecule has 1 aliphatic carbocycles. The summed E-state index contributed by atoms with van der Waals surface area (Å²) >= 11 is 0. The van der Waals surface area contributed by atoms with E-state index < -0.39 is 0 Å². The molecule has 0 heterocycles. The van der Waals surface area contributed by atoms with Crippen LogP contribution in [0.25, 0.3) is 0 Å². The molecule has 2 aromatic carbocycles. The summed E-state index contributed by atoms with van der Waals surface area (Å²) in [4.78, 5) is 5.01. The first-order chi connectivity index (χ1) is 11.7. The number of nitrogens with zero attached hydrogens (tertiary/aromatic N) is 2. The van der Waals surface area contributed by atoms with Gasteiger partial charge in [-0.15, -0.1) is 12.4 Å². The van der Waals surface area contributed by atoms with Gasteiger partial charge in [0.15, 0.2) is 0 Å². The molecule has 0 aromatic heterocycles. The lowest BCUT2D eigenvalue weighted by atomic mass is 9.92. The minimum atomic E-state index is 0. The third-order valence-electron chi connectivity index (χ3n) is 5.15. The van der Waals surface area contributed by atoms with E-state index in [2.05, 4.69) is 85.4 Å². The summed E-state index contributed by atoms with van der Waals surface area (Å²) in [6.07, 6.45) is 6.95. The first kappa shape index (κ1) is 19.8. The quantitative estimate of drug-likeness (QED) is 0.621. The molecule has 2 nitrogen and oxygen atoms in total. The molecular formula is C22H31ClN2. The molecule has 1 atom stereocenters. The van der Waals surface area contributed by atoms with Gasteiger partial charge in [0, 0.05) is 11.7 Å². The molecule has 1 unspecified atom stereocenters. The van der Waals surface area contributed by atoms with Crippen molar-refractivity contribution in [3.05, 3.63) is 65.7 Å². The fraction of sp³-hybridized carbons (Fsp3) is 0.455. The van der Waals surface area contributed by atoms with Gasteiger partial charge in [0.25, 0.3) is 0 Å². The smallest absolute Gasteiger partial charge is 0.108 e. The van der Waals surface area contributed by atoms with Crippen LogP contribution in [0.4, 0.5) is 5.69 Å². The van der Waals surface area contributed by atoms with Crippen LogP contribution in [0.1, 0.15) is 49.4 Å². The topological polar surface area (TPSA) is 6.48 Å². The molecule has 0 N–H and O–H groups in total. The third kappa shape index (κ3) is 4.77. The second-order valence-electron chi connectivity index (χ2n) is 7.28. The van der Waals surface area contributed by atoms with Gasteiger partial charge in [-0.2, -0.15) is 0 Å². The Hall–Kier alpha value is -1.51. The second-order valence-corrected chi connectivity index (χ2v) is 7.28. The number of hydrogen-bond acceptors (Lipinski definition) is 2. The zero-order valence-corrected chi connectivity index (χ0v) is 16.5.